The van der Waals surface area contributed by atoms with Crippen LogP contribution in [0.1, 0.15) is 12.5 Å². The second-order valence-electron chi connectivity index (χ2n) is 4.47. The first-order valence-electron chi connectivity index (χ1n) is 6.57. The Bertz CT molecular complexity index is 753. The molecule has 1 aromatic carbocycles. The molecule has 0 bridgehead atoms. The average molecular weight is 302 g/mol. The molecule has 5 heteroatoms. The molecule has 108 valence electrons. The molecule has 2 aromatic heterocycles. The summed E-state index contributed by atoms with van der Waals surface area (Å²) in [5, 5.41) is 5.88. The van der Waals surface area contributed by atoms with Gasteiger partial charge in [-0.05, 0) is 19.1 Å². The molecule has 21 heavy (non-hydrogen) atoms. The molecule has 0 spiro atoms. The molecule has 0 saturated carbocycles. The smallest absolute Gasteiger partial charge is 0.368 e. The van der Waals surface area contributed by atoms with Crippen molar-refractivity contribution in [2.75, 3.05) is 6.61 Å². The maximum atomic E-state index is 5.88. The number of halogens is 1. The Hall–Kier alpha value is -2.33. The second-order valence-corrected chi connectivity index (χ2v) is 4.47. The van der Waals surface area contributed by atoms with Gasteiger partial charge in [-0.3, -0.25) is 0 Å². The molecule has 2 N–H and O–H groups in total. The molecule has 0 aliphatic heterocycles. The first-order chi connectivity index (χ1) is 9.78. The summed E-state index contributed by atoms with van der Waals surface area (Å²) in [4.78, 5) is 4.60. The molecule has 0 fully saturated rings. The van der Waals surface area contributed by atoms with Crippen LogP contribution < -0.4 is 17.8 Å². The number of hydrogen-bond acceptors (Lipinski definition) is 2. The van der Waals surface area contributed by atoms with E-state index in [1.807, 2.05) is 66.2 Å². The third kappa shape index (κ3) is 3.06. The summed E-state index contributed by atoms with van der Waals surface area (Å²) in [5.41, 5.74) is 3.78. The number of aromatic nitrogens is 2. The van der Waals surface area contributed by atoms with Crippen LogP contribution in [0.15, 0.2) is 54.9 Å². The first kappa shape index (κ1) is 15.1. The highest BCUT2D eigenvalue weighted by Crippen LogP contribution is 2.19. The van der Waals surface area contributed by atoms with Crippen molar-refractivity contribution in [3.63, 3.8) is 0 Å². The van der Waals surface area contributed by atoms with Crippen LogP contribution in [0.4, 0.5) is 0 Å². The highest BCUT2D eigenvalue weighted by atomic mass is 35.5. The van der Waals surface area contributed by atoms with Gasteiger partial charge in [0, 0.05) is 18.0 Å². The Morgan fingerprint density at radius 1 is 1.14 bits per heavy atom. The van der Waals surface area contributed by atoms with Crippen LogP contribution in [0.3, 0.4) is 0 Å². The fraction of sp³-hybridized carbons (Fsp3) is 0.125. The topological polar surface area (TPSA) is 52.1 Å². The van der Waals surface area contributed by atoms with Gasteiger partial charge < -0.3 is 21.5 Å². The predicted octanol–water partition coefficient (Wildman–Crippen LogP) is -1.45. The SMILES string of the molecule is CCOC(=[NH2+])c1ccc2nc(-c3ccccc3)cn2c1.[Cl-]. The largest absolute Gasteiger partial charge is 1.00 e. The van der Waals surface area contributed by atoms with Gasteiger partial charge in [0.25, 0.3) is 0 Å². The normalized spacial score (nSPS) is 10.1. The number of hydrogen-bond donors (Lipinski definition) is 1. The van der Waals surface area contributed by atoms with E-state index < -0.39 is 0 Å². The van der Waals surface area contributed by atoms with Crippen LogP contribution in [0.2, 0.25) is 0 Å². The van der Waals surface area contributed by atoms with Crippen molar-refractivity contribution in [3.8, 4) is 11.3 Å². The van der Waals surface area contributed by atoms with Gasteiger partial charge in [-0.2, -0.15) is 0 Å². The first-order valence-corrected chi connectivity index (χ1v) is 6.57. The van der Waals surface area contributed by atoms with Gasteiger partial charge >= 0.3 is 5.90 Å². The molecule has 0 radical (unpaired) electrons. The molecule has 3 rings (SSSR count). The number of nitrogens with zero attached hydrogens (tertiary/aromatic N) is 2. The molecular formula is C16H16ClN3O. The summed E-state index contributed by atoms with van der Waals surface area (Å²) in [6, 6.07) is 14.0. The number of nitrogens with two attached hydrogens (primary N) is 1. The lowest BCUT2D eigenvalue weighted by Gasteiger charge is -2.00. The molecule has 4 nitrogen and oxygen atoms in total. The zero-order valence-corrected chi connectivity index (χ0v) is 12.4. The average Bonchev–Trinajstić information content (AvgIpc) is 2.91. The molecule has 0 atom stereocenters. The highest BCUT2D eigenvalue weighted by molar-refractivity contribution is 5.89. The van der Waals surface area contributed by atoms with Gasteiger partial charge in [0.15, 0.2) is 0 Å². The summed E-state index contributed by atoms with van der Waals surface area (Å²) in [5.74, 6) is 0.435. The number of pyridine rings is 1. The quantitative estimate of drug-likeness (QED) is 0.475. The number of benzene rings is 1. The van der Waals surface area contributed by atoms with Crippen molar-refractivity contribution < 1.29 is 22.6 Å². The minimum atomic E-state index is 0. The van der Waals surface area contributed by atoms with E-state index in [0.29, 0.717) is 12.5 Å². The number of imidazole rings is 1. The monoisotopic (exact) mass is 301 g/mol. The summed E-state index contributed by atoms with van der Waals surface area (Å²) in [6.45, 7) is 2.47. The van der Waals surface area contributed by atoms with Crippen molar-refractivity contribution in [3.05, 3.63) is 60.4 Å². The lowest BCUT2D eigenvalue weighted by atomic mass is 10.2. The van der Waals surface area contributed by atoms with Crippen LogP contribution in [0.25, 0.3) is 16.9 Å². The molecular weight excluding hydrogens is 286 g/mol. The van der Waals surface area contributed by atoms with Gasteiger partial charge in [0.2, 0.25) is 0 Å². The lowest BCUT2D eigenvalue weighted by molar-refractivity contribution is -0.138. The molecule has 0 saturated heterocycles. The van der Waals surface area contributed by atoms with Gasteiger partial charge in [0.05, 0.1) is 12.3 Å². The van der Waals surface area contributed by atoms with Crippen LogP contribution >= 0.6 is 0 Å². The molecule has 3 aromatic rings. The van der Waals surface area contributed by atoms with Crippen molar-refractivity contribution in [2.45, 2.75) is 6.92 Å². The summed E-state index contributed by atoms with van der Waals surface area (Å²) in [7, 11) is 0. The van der Waals surface area contributed by atoms with Crippen LogP contribution in [0, 0.1) is 0 Å². The maximum absolute atomic E-state index is 5.88. The van der Waals surface area contributed by atoms with E-state index in [9.17, 15) is 0 Å². The van der Waals surface area contributed by atoms with E-state index >= 15 is 0 Å². The van der Waals surface area contributed by atoms with E-state index in [1.165, 1.54) is 0 Å². The van der Waals surface area contributed by atoms with E-state index in [-0.39, 0.29) is 12.4 Å². The molecule has 0 aliphatic carbocycles. The Morgan fingerprint density at radius 3 is 2.62 bits per heavy atom. The van der Waals surface area contributed by atoms with Crippen molar-refractivity contribution in [1.82, 2.24) is 9.38 Å². The number of ether oxygens (including phenoxy) is 1. The third-order valence-electron chi connectivity index (χ3n) is 3.10. The van der Waals surface area contributed by atoms with Crippen molar-refractivity contribution in [2.24, 2.45) is 0 Å². The van der Waals surface area contributed by atoms with E-state index in [1.54, 1.807) is 0 Å². The van der Waals surface area contributed by atoms with Gasteiger partial charge in [-0.15, -0.1) is 0 Å². The maximum Gasteiger partial charge on any atom is 0.368 e. The summed E-state index contributed by atoms with van der Waals surface area (Å²) >= 11 is 0. The lowest BCUT2D eigenvalue weighted by Crippen LogP contribution is -3.00. The van der Waals surface area contributed by atoms with Crippen LogP contribution in [0.5, 0.6) is 0 Å². The van der Waals surface area contributed by atoms with E-state index in [0.717, 1.165) is 22.5 Å². The summed E-state index contributed by atoms with van der Waals surface area (Å²) in [6.07, 6.45) is 3.92. The fourth-order valence-corrected chi connectivity index (χ4v) is 2.12. The standard InChI is InChI=1S/C16H15N3O.ClH/c1-2-20-16(17)13-8-9-15-18-14(11-19(15)10-13)12-6-4-3-5-7-12;/h3-11,17H,2H2,1H3;1H. The number of rotatable bonds is 3. The fourth-order valence-electron chi connectivity index (χ4n) is 2.12. The van der Waals surface area contributed by atoms with E-state index in [2.05, 4.69) is 4.98 Å². The third-order valence-corrected chi connectivity index (χ3v) is 3.10. The molecule has 2 heterocycles. The molecule has 0 amide bonds. The summed E-state index contributed by atoms with van der Waals surface area (Å²) < 4.78 is 7.29. The van der Waals surface area contributed by atoms with Gasteiger partial charge in [-0.1, -0.05) is 30.3 Å². The number of fused-ring (bicyclic) bond motifs is 1. The molecule has 0 aliphatic rings. The zero-order chi connectivity index (χ0) is 13.9. The Labute approximate surface area is 129 Å². The van der Waals surface area contributed by atoms with Gasteiger partial charge in [0.1, 0.15) is 11.2 Å². The predicted molar refractivity (Wildman–Crippen MR) is 78.3 cm³/mol. The van der Waals surface area contributed by atoms with Crippen molar-refractivity contribution in [1.29, 1.82) is 0 Å². The zero-order valence-electron chi connectivity index (χ0n) is 11.7. The molecule has 0 unspecified atom stereocenters. The van der Waals surface area contributed by atoms with E-state index in [4.69, 9.17) is 10.1 Å². The van der Waals surface area contributed by atoms with Crippen LogP contribution in [-0.4, -0.2) is 21.9 Å². The Balaban J connectivity index is 0.00000161. The second kappa shape index (κ2) is 6.41. The minimum absolute atomic E-state index is 0. The van der Waals surface area contributed by atoms with Crippen LogP contribution in [-0.2, 0) is 4.74 Å². The highest BCUT2D eigenvalue weighted by Gasteiger charge is 2.10. The minimum Gasteiger partial charge on any atom is -1.00 e. The van der Waals surface area contributed by atoms with Gasteiger partial charge in [-0.25, -0.2) is 10.4 Å². The Morgan fingerprint density at radius 2 is 1.90 bits per heavy atom. The Kier molecular flexibility index (Phi) is 4.60. The van der Waals surface area contributed by atoms with Crippen molar-refractivity contribution >= 4 is 11.5 Å².